The quantitative estimate of drug-likeness (QED) is 0.314. The maximum atomic E-state index is 2.59. The first kappa shape index (κ1) is 19.3. The Hall–Kier alpha value is -1.04. The van der Waals surface area contributed by atoms with Gasteiger partial charge in [0.05, 0.1) is 0 Å². The molecule has 0 amide bonds. The van der Waals surface area contributed by atoms with Gasteiger partial charge >= 0.3 is 0 Å². The third-order valence-electron chi connectivity index (χ3n) is 5.55. The average molecular weight is 327 g/mol. The molecule has 0 fully saturated rings. The molecule has 2 aliphatic rings. The van der Waals surface area contributed by atoms with Gasteiger partial charge < -0.3 is 0 Å². The van der Waals surface area contributed by atoms with E-state index in [-0.39, 0.29) is 5.41 Å². The van der Waals surface area contributed by atoms with Crippen LogP contribution in [0.1, 0.15) is 91.4 Å². The van der Waals surface area contributed by atoms with Crippen molar-refractivity contribution < 1.29 is 0 Å². The fourth-order valence-electron chi connectivity index (χ4n) is 4.13. The SMILES string of the molecule is CCCCC=CC1(C2=CCCCC2)CCCC=C1C=CCC(C)C. The maximum Gasteiger partial charge on any atom is 0.0338 e. The number of allylic oxidation sites excluding steroid dienone is 8. The predicted molar refractivity (Wildman–Crippen MR) is 108 cm³/mol. The average Bonchev–Trinajstić information content (AvgIpc) is 2.60. The van der Waals surface area contributed by atoms with E-state index < -0.39 is 0 Å². The molecule has 0 aromatic heterocycles. The van der Waals surface area contributed by atoms with Crippen LogP contribution in [0.5, 0.6) is 0 Å². The van der Waals surface area contributed by atoms with E-state index in [0.717, 1.165) is 5.92 Å². The van der Waals surface area contributed by atoms with Gasteiger partial charge in [-0.3, -0.25) is 0 Å². The van der Waals surface area contributed by atoms with Crippen LogP contribution in [0.3, 0.4) is 0 Å². The standard InChI is InChI=1S/C24H38/c1-4-5-6-11-19-24(22-15-8-7-9-16-22)20-12-10-17-23(24)18-13-14-21(2)3/h11,13,15,17-19,21H,4-10,12,14,16,20H2,1-3H3. The Morgan fingerprint density at radius 1 is 1.08 bits per heavy atom. The summed E-state index contributed by atoms with van der Waals surface area (Å²) in [6.45, 7) is 6.90. The molecule has 0 aromatic rings. The molecule has 0 saturated carbocycles. The first-order valence-electron chi connectivity index (χ1n) is 10.4. The van der Waals surface area contributed by atoms with Crippen LogP contribution in [0.25, 0.3) is 0 Å². The first-order chi connectivity index (χ1) is 11.7. The number of unbranched alkanes of at least 4 members (excludes halogenated alkanes) is 2. The summed E-state index contributed by atoms with van der Waals surface area (Å²) >= 11 is 0. The van der Waals surface area contributed by atoms with Gasteiger partial charge in [-0.25, -0.2) is 0 Å². The van der Waals surface area contributed by atoms with Crippen LogP contribution in [0.4, 0.5) is 0 Å². The van der Waals surface area contributed by atoms with Gasteiger partial charge in [0.25, 0.3) is 0 Å². The Labute approximate surface area is 150 Å². The molecule has 0 heteroatoms. The minimum Gasteiger partial charge on any atom is -0.0873 e. The summed E-state index contributed by atoms with van der Waals surface area (Å²) in [5.74, 6) is 0.744. The molecule has 0 aliphatic heterocycles. The Morgan fingerprint density at radius 3 is 2.62 bits per heavy atom. The summed E-state index contributed by atoms with van der Waals surface area (Å²) in [6.07, 6.45) is 29.3. The van der Waals surface area contributed by atoms with Gasteiger partial charge in [-0.05, 0) is 69.3 Å². The van der Waals surface area contributed by atoms with Gasteiger partial charge in [0.1, 0.15) is 0 Å². The number of hydrogen-bond acceptors (Lipinski definition) is 0. The lowest BCUT2D eigenvalue weighted by Gasteiger charge is -2.39. The van der Waals surface area contributed by atoms with E-state index in [4.69, 9.17) is 0 Å². The summed E-state index contributed by atoms with van der Waals surface area (Å²) in [5, 5.41) is 0. The molecule has 0 nitrogen and oxygen atoms in total. The topological polar surface area (TPSA) is 0 Å². The minimum atomic E-state index is 0.208. The summed E-state index contributed by atoms with van der Waals surface area (Å²) in [5.41, 5.74) is 3.50. The monoisotopic (exact) mass is 326 g/mol. The highest BCUT2D eigenvalue weighted by Crippen LogP contribution is 2.49. The largest absolute Gasteiger partial charge is 0.0873 e. The van der Waals surface area contributed by atoms with Crippen molar-refractivity contribution in [3.63, 3.8) is 0 Å². The second kappa shape index (κ2) is 10.1. The Balaban J connectivity index is 2.29. The molecule has 2 aliphatic carbocycles. The molecule has 24 heavy (non-hydrogen) atoms. The lowest BCUT2D eigenvalue weighted by atomic mass is 9.64. The molecule has 0 bridgehead atoms. The maximum absolute atomic E-state index is 2.59. The van der Waals surface area contributed by atoms with Crippen LogP contribution in [0.15, 0.2) is 47.6 Å². The van der Waals surface area contributed by atoms with Crippen LogP contribution in [-0.2, 0) is 0 Å². The van der Waals surface area contributed by atoms with E-state index in [2.05, 4.69) is 57.2 Å². The number of hydrogen-bond donors (Lipinski definition) is 0. The van der Waals surface area contributed by atoms with Gasteiger partial charge in [0.2, 0.25) is 0 Å². The lowest BCUT2D eigenvalue weighted by Crippen LogP contribution is -2.26. The van der Waals surface area contributed by atoms with Crippen molar-refractivity contribution >= 4 is 0 Å². The van der Waals surface area contributed by atoms with Gasteiger partial charge in [-0.15, -0.1) is 0 Å². The van der Waals surface area contributed by atoms with Crippen molar-refractivity contribution in [2.75, 3.05) is 0 Å². The van der Waals surface area contributed by atoms with Crippen molar-refractivity contribution in [3.8, 4) is 0 Å². The highest BCUT2D eigenvalue weighted by molar-refractivity contribution is 5.43. The summed E-state index contributed by atoms with van der Waals surface area (Å²) in [6, 6.07) is 0. The van der Waals surface area contributed by atoms with Crippen molar-refractivity contribution in [3.05, 3.63) is 47.6 Å². The zero-order valence-electron chi connectivity index (χ0n) is 16.3. The van der Waals surface area contributed by atoms with Crippen molar-refractivity contribution in [2.24, 2.45) is 11.3 Å². The van der Waals surface area contributed by atoms with E-state index in [1.54, 1.807) is 11.1 Å². The highest BCUT2D eigenvalue weighted by atomic mass is 14.4. The van der Waals surface area contributed by atoms with E-state index in [1.165, 1.54) is 70.6 Å². The van der Waals surface area contributed by atoms with Crippen LogP contribution in [0.2, 0.25) is 0 Å². The second-order valence-corrected chi connectivity index (χ2v) is 8.07. The Kier molecular flexibility index (Phi) is 8.09. The van der Waals surface area contributed by atoms with Gasteiger partial charge in [-0.1, -0.05) is 75.6 Å². The molecule has 0 N–H and O–H groups in total. The van der Waals surface area contributed by atoms with E-state index in [1.807, 2.05) is 0 Å². The molecule has 134 valence electrons. The van der Waals surface area contributed by atoms with E-state index >= 15 is 0 Å². The zero-order chi connectivity index (χ0) is 17.3. The smallest absolute Gasteiger partial charge is 0.0338 e. The molecule has 2 rings (SSSR count). The minimum absolute atomic E-state index is 0.208. The van der Waals surface area contributed by atoms with Crippen molar-refractivity contribution in [1.82, 2.24) is 0 Å². The van der Waals surface area contributed by atoms with Gasteiger partial charge in [-0.2, -0.15) is 0 Å². The fourth-order valence-corrected chi connectivity index (χ4v) is 4.13. The third-order valence-corrected chi connectivity index (χ3v) is 5.55. The molecular formula is C24H38. The Morgan fingerprint density at radius 2 is 1.92 bits per heavy atom. The molecule has 0 radical (unpaired) electrons. The lowest BCUT2D eigenvalue weighted by molar-refractivity contribution is 0.434. The molecule has 1 unspecified atom stereocenters. The summed E-state index contributed by atoms with van der Waals surface area (Å²) in [7, 11) is 0. The van der Waals surface area contributed by atoms with Crippen LogP contribution in [0, 0.1) is 11.3 Å². The van der Waals surface area contributed by atoms with Crippen LogP contribution in [-0.4, -0.2) is 0 Å². The van der Waals surface area contributed by atoms with Crippen LogP contribution < -0.4 is 0 Å². The van der Waals surface area contributed by atoms with E-state index in [0.29, 0.717) is 0 Å². The third kappa shape index (κ3) is 5.23. The number of rotatable bonds is 8. The van der Waals surface area contributed by atoms with Gasteiger partial charge in [0.15, 0.2) is 0 Å². The van der Waals surface area contributed by atoms with E-state index in [9.17, 15) is 0 Å². The normalized spacial score (nSPS) is 25.5. The summed E-state index contributed by atoms with van der Waals surface area (Å²) in [4.78, 5) is 0. The molecule has 0 heterocycles. The second-order valence-electron chi connectivity index (χ2n) is 8.07. The van der Waals surface area contributed by atoms with Crippen molar-refractivity contribution in [1.29, 1.82) is 0 Å². The fraction of sp³-hybridized carbons (Fsp3) is 0.667. The molecule has 0 aromatic carbocycles. The summed E-state index contributed by atoms with van der Waals surface area (Å²) < 4.78 is 0. The molecule has 0 saturated heterocycles. The first-order valence-corrected chi connectivity index (χ1v) is 10.4. The predicted octanol–water partition coefficient (Wildman–Crippen LogP) is 7.93. The molecule has 0 spiro atoms. The Bertz CT molecular complexity index is 486. The van der Waals surface area contributed by atoms with Crippen LogP contribution >= 0.6 is 0 Å². The molecular weight excluding hydrogens is 288 g/mol. The van der Waals surface area contributed by atoms with Crippen molar-refractivity contribution in [2.45, 2.75) is 91.4 Å². The highest BCUT2D eigenvalue weighted by Gasteiger charge is 2.35. The molecule has 1 atom stereocenters. The van der Waals surface area contributed by atoms with Gasteiger partial charge in [0, 0.05) is 5.41 Å². The zero-order valence-corrected chi connectivity index (χ0v) is 16.3.